The van der Waals surface area contributed by atoms with Gasteiger partial charge in [0.15, 0.2) is 5.75 Å². The number of H-pyrrole nitrogens is 1. The molecule has 2 atom stereocenters. The molecule has 0 spiro atoms. The average molecular weight is 587 g/mol. The van der Waals surface area contributed by atoms with Crippen molar-refractivity contribution in [1.82, 2.24) is 34.7 Å². The number of aromatic amines is 1. The maximum Gasteiger partial charge on any atom is 0.573 e. The van der Waals surface area contributed by atoms with Crippen LogP contribution < -0.4 is 16.0 Å². The van der Waals surface area contributed by atoms with Crippen molar-refractivity contribution in [2.75, 3.05) is 5.73 Å². The fourth-order valence-electron chi connectivity index (χ4n) is 5.17. The highest BCUT2D eigenvalue weighted by Gasteiger charge is 2.35. The van der Waals surface area contributed by atoms with E-state index in [1.807, 2.05) is 13.0 Å². The van der Waals surface area contributed by atoms with Gasteiger partial charge in [0, 0.05) is 27.9 Å². The average Bonchev–Trinajstić information content (AvgIpc) is 3.63. The van der Waals surface area contributed by atoms with Gasteiger partial charge in [0.2, 0.25) is 5.95 Å². The molecule has 1 aliphatic heterocycles. The first-order chi connectivity index (χ1) is 19.5. The molecular weight excluding hydrogens is 568 g/mol. The SMILES string of the molecule is C[C@H]1Cc2cc(-c3cc(Cl)ccc3-n3cnnn3)cc(=O)n2[C@@H]1c1nc(F)c(-c2ccc(N)c(OC(F)(F)F)c2)[nH]1. The molecule has 0 saturated heterocycles. The van der Waals surface area contributed by atoms with E-state index >= 15 is 4.39 Å². The summed E-state index contributed by atoms with van der Waals surface area (Å²) in [6, 6.07) is 11.2. The lowest BCUT2D eigenvalue weighted by Gasteiger charge is -2.17. The number of aromatic nitrogens is 7. The Morgan fingerprint density at radius 2 is 1.93 bits per heavy atom. The molecule has 3 aromatic heterocycles. The first kappa shape index (κ1) is 26.5. The number of nitrogens with two attached hydrogens (primary N) is 1. The van der Waals surface area contributed by atoms with E-state index < -0.39 is 24.1 Å². The minimum Gasteiger partial charge on any atom is -0.404 e. The molecule has 210 valence electrons. The molecular formula is C26H19ClF4N8O2. The number of imidazole rings is 1. The summed E-state index contributed by atoms with van der Waals surface area (Å²) in [6.45, 7) is 1.89. The number of rotatable bonds is 5. The Labute approximate surface area is 233 Å². The highest BCUT2D eigenvalue weighted by molar-refractivity contribution is 6.31. The molecule has 6 rings (SSSR count). The highest BCUT2D eigenvalue weighted by atomic mass is 35.5. The van der Waals surface area contributed by atoms with Gasteiger partial charge >= 0.3 is 6.36 Å². The summed E-state index contributed by atoms with van der Waals surface area (Å²) in [4.78, 5) is 20.4. The standard InChI is InChI=1S/C26H19ClF4N8O2/c1-12-6-16-7-14(17-10-15(27)3-5-19(17)38-11-33-36-37-38)9-21(40)39(16)23(12)25-34-22(24(28)35-25)13-2-4-18(32)20(8-13)41-26(29,30)31/h2-5,7-12,23H,6,32H2,1H3,(H,34,35)/t12-,23-/m0/s1. The number of nitrogens with zero attached hydrogens (tertiary/aromatic N) is 6. The summed E-state index contributed by atoms with van der Waals surface area (Å²) < 4.78 is 60.4. The Morgan fingerprint density at radius 1 is 1.12 bits per heavy atom. The number of tetrazole rings is 1. The van der Waals surface area contributed by atoms with Gasteiger partial charge in [-0.3, -0.25) is 4.79 Å². The molecule has 0 fully saturated rings. The van der Waals surface area contributed by atoms with Gasteiger partial charge in [0.05, 0.1) is 17.4 Å². The van der Waals surface area contributed by atoms with Gasteiger partial charge in [0.1, 0.15) is 17.8 Å². The number of anilines is 1. The zero-order chi connectivity index (χ0) is 29.1. The predicted octanol–water partition coefficient (Wildman–Crippen LogP) is 4.94. The number of hydrogen-bond donors (Lipinski definition) is 2. The lowest BCUT2D eigenvalue weighted by atomic mass is 10.0. The van der Waals surface area contributed by atoms with Crippen molar-refractivity contribution < 1.29 is 22.3 Å². The largest absolute Gasteiger partial charge is 0.573 e. The number of nitrogens with one attached hydrogen (secondary N) is 1. The van der Waals surface area contributed by atoms with Gasteiger partial charge in [-0.2, -0.15) is 9.07 Å². The van der Waals surface area contributed by atoms with E-state index in [2.05, 4.69) is 30.2 Å². The number of hydrogen-bond acceptors (Lipinski definition) is 7. The minimum atomic E-state index is -4.98. The smallest absolute Gasteiger partial charge is 0.404 e. The van der Waals surface area contributed by atoms with Crippen molar-refractivity contribution in [3.63, 3.8) is 0 Å². The van der Waals surface area contributed by atoms with Crippen molar-refractivity contribution in [3.8, 4) is 33.8 Å². The summed E-state index contributed by atoms with van der Waals surface area (Å²) in [6.07, 6.45) is -3.09. The van der Waals surface area contributed by atoms with Crippen molar-refractivity contribution >= 4 is 17.3 Å². The zero-order valence-electron chi connectivity index (χ0n) is 21.0. The second-order valence-corrected chi connectivity index (χ2v) is 10.0. The van der Waals surface area contributed by atoms with E-state index in [9.17, 15) is 18.0 Å². The van der Waals surface area contributed by atoms with Crippen LogP contribution in [0.15, 0.2) is 59.7 Å². The molecule has 41 heavy (non-hydrogen) atoms. The normalized spacial score (nSPS) is 16.6. The lowest BCUT2D eigenvalue weighted by Crippen LogP contribution is -2.26. The van der Waals surface area contributed by atoms with Gasteiger partial charge < -0.3 is 20.0 Å². The Kier molecular flexibility index (Phi) is 6.29. The van der Waals surface area contributed by atoms with E-state index in [0.717, 1.165) is 6.07 Å². The molecule has 5 aromatic rings. The van der Waals surface area contributed by atoms with Crippen LogP contribution in [0.5, 0.6) is 5.75 Å². The fourth-order valence-corrected chi connectivity index (χ4v) is 5.34. The van der Waals surface area contributed by atoms with E-state index in [-0.39, 0.29) is 34.2 Å². The molecule has 0 radical (unpaired) electrons. The Hall–Kier alpha value is -4.72. The van der Waals surface area contributed by atoms with Crippen LogP contribution in [-0.2, 0) is 6.42 Å². The second-order valence-electron chi connectivity index (χ2n) is 9.57. The van der Waals surface area contributed by atoms with Gasteiger partial charge in [-0.1, -0.05) is 24.6 Å². The molecule has 2 aromatic carbocycles. The minimum absolute atomic E-state index is 0.0411. The number of pyridine rings is 1. The van der Waals surface area contributed by atoms with Gasteiger partial charge in [-0.25, -0.2) is 4.98 Å². The van der Waals surface area contributed by atoms with E-state index in [1.165, 1.54) is 33.8 Å². The van der Waals surface area contributed by atoms with Crippen molar-refractivity contribution in [2.45, 2.75) is 25.7 Å². The lowest BCUT2D eigenvalue weighted by molar-refractivity contribution is -0.274. The third-order valence-electron chi connectivity index (χ3n) is 6.85. The Morgan fingerprint density at radius 3 is 2.66 bits per heavy atom. The maximum atomic E-state index is 15.1. The summed E-state index contributed by atoms with van der Waals surface area (Å²) >= 11 is 6.27. The predicted molar refractivity (Wildman–Crippen MR) is 140 cm³/mol. The summed E-state index contributed by atoms with van der Waals surface area (Å²) in [5.41, 5.74) is 7.37. The first-order valence-corrected chi connectivity index (χ1v) is 12.6. The third kappa shape index (κ3) is 4.90. The van der Waals surface area contributed by atoms with E-state index in [1.54, 1.807) is 18.2 Å². The third-order valence-corrected chi connectivity index (χ3v) is 7.08. The number of alkyl halides is 3. The summed E-state index contributed by atoms with van der Waals surface area (Å²) in [7, 11) is 0. The van der Waals surface area contributed by atoms with Crippen LogP contribution in [0, 0.1) is 11.9 Å². The molecule has 15 heteroatoms. The number of halogens is 5. The molecule has 0 bridgehead atoms. The van der Waals surface area contributed by atoms with Gasteiger partial charge in [0.25, 0.3) is 5.56 Å². The van der Waals surface area contributed by atoms with Crippen LogP contribution >= 0.6 is 11.6 Å². The number of fused-ring (bicyclic) bond motifs is 1. The van der Waals surface area contributed by atoms with Crippen LogP contribution in [0.3, 0.4) is 0 Å². The molecule has 0 unspecified atom stereocenters. The van der Waals surface area contributed by atoms with Gasteiger partial charge in [-0.05, 0) is 64.7 Å². The molecule has 3 N–H and O–H groups in total. The van der Waals surface area contributed by atoms with Crippen LogP contribution in [-0.4, -0.2) is 41.1 Å². The molecule has 0 amide bonds. The first-order valence-electron chi connectivity index (χ1n) is 12.2. The monoisotopic (exact) mass is 586 g/mol. The second kappa shape index (κ2) is 9.73. The quantitative estimate of drug-likeness (QED) is 0.220. The molecule has 10 nitrogen and oxygen atoms in total. The van der Waals surface area contributed by atoms with Crippen molar-refractivity contribution in [1.29, 1.82) is 0 Å². The summed E-state index contributed by atoms with van der Waals surface area (Å²) in [5, 5.41) is 11.7. The highest BCUT2D eigenvalue weighted by Crippen LogP contribution is 2.39. The molecule has 4 heterocycles. The van der Waals surface area contributed by atoms with E-state index in [4.69, 9.17) is 17.3 Å². The van der Waals surface area contributed by atoms with Crippen molar-refractivity contribution in [2.24, 2.45) is 5.92 Å². The molecule has 0 saturated carbocycles. The van der Waals surface area contributed by atoms with Crippen molar-refractivity contribution in [3.05, 3.63) is 87.7 Å². The Bertz CT molecular complexity index is 1830. The van der Waals surface area contributed by atoms with Gasteiger partial charge in [-0.15, -0.1) is 18.3 Å². The maximum absolute atomic E-state index is 15.1. The van der Waals surface area contributed by atoms with Crippen LogP contribution in [0.4, 0.5) is 23.2 Å². The Balaban J connectivity index is 1.39. The topological polar surface area (TPSA) is 130 Å². The summed E-state index contributed by atoms with van der Waals surface area (Å²) in [5.74, 6) is -1.65. The van der Waals surface area contributed by atoms with Crippen LogP contribution in [0.2, 0.25) is 5.02 Å². The van der Waals surface area contributed by atoms with Crippen LogP contribution in [0.25, 0.3) is 28.1 Å². The number of nitrogen functional groups attached to an aromatic ring is 1. The van der Waals surface area contributed by atoms with Crippen LogP contribution in [0.1, 0.15) is 24.5 Å². The number of benzene rings is 2. The zero-order valence-corrected chi connectivity index (χ0v) is 21.8. The fraction of sp³-hybridized carbons (Fsp3) is 0.192. The molecule has 1 aliphatic rings. The van der Waals surface area contributed by atoms with E-state index in [0.29, 0.717) is 34.0 Å². The number of ether oxygens (including phenoxy) is 1. The molecule has 0 aliphatic carbocycles.